The number of oxime groups is 1. The van der Waals surface area contributed by atoms with Crippen molar-refractivity contribution in [3.8, 4) is 0 Å². The van der Waals surface area contributed by atoms with Gasteiger partial charge in [-0.15, -0.1) is 0 Å². The van der Waals surface area contributed by atoms with Crippen molar-refractivity contribution < 1.29 is 33.8 Å². The number of aliphatic hydroxyl groups excluding tert-OH is 1. The zero-order valence-electron chi connectivity index (χ0n) is 28.1. The maximum absolute atomic E-state index is 12.0. The average Bonchev–Trinajstić information content (AvgIpc) is 3.34. The van der Waals surface area contributed by atoms with Gasteiger partial charge >= 0.3 is 17.9 Å². The first-order chi connectivity index (χ1) is 20.6. The van der Waals surface area contributed by atoms with Crippen LogP contribution >= 0.6 is 0 Å². The minimum atomic E-state index is -0.519. The summed E-state index contributed by atoms with van der Waals surface area (Å²) < 4.78 is 11.5. The molecule has 0 bridgehead atoms. The summed E-state index contributed by atoms with van der Waals surface area (Å²) in [5.74, 6) is 0.776. The topological polar surface area (TPSA) is 111 Å². The van der Waals surface area contributed by atoms with Gasteiger partial charge in [0.05, 0.1) is 18.9 Å². The Balaban J connectivity index is 1.52. The van der Waals surface area contributed by atoms with E-state index in [0.29, 0.717) is 30.8 Å². The molecule has 5 aliphatic carbocycles. The molecule has 8 heteroatoms. The first kappa shape index (κ1) is 33.2. The van der Waals surface area contributed by atoms with Gasteiger partial charge in [-0.2, -0.15) is 0 Å². The van der Waals surface area contributed by atoms with E-state index in [4.69, 9.17) is 14.3 Å². The van der Waals surface area contributed by atoms with Crippen LogP contribution in [0.5, 0.6) is 0 Å². The summed E-state index contributed by atoms with van der Waals surface area (Å²) in [4.78, 5) is 40.9. The van der Waals surface area contributed by atoms with Gasteiger partial charge in [-0.1, -0.05) is 39.4 Å². The first-order valence-corrected chi connectivity index (χ1v) is 16.9. The lowest BCUT2D eigenvalue weighted by Crippen LogP contribution is -2.67. The largest absolute Gasteiger partial charge is 0.465 e. The Hall–Kier alpha value is -2.22. The van der Waals surface area contributed by atoms with Gasteiger partial charge in [-0.3, -0.25) is 9.59 Å². The van der Waals surface area contributed by atoms with Gasteiger partial charge in [-0.25, -0.2) is 4.79 Å². The zero-order valence-corrected chi connectivity index (χ0v) is 28.1. The van der Waals surface area contributed by atoms with Crippen LogP contribution in [-0.2, 0) is 28.7 Å². The van der Waals surface area contributed by atoms with E-state index in [1.165, 1.54) is 20.8 Å². The van der Waals surface area contributed by atoms with Gasteiger partial charge in [0.1, 0.15) is 6.61 Å². The highest BCUT2D eigenvalue weighted by atomic mass is 16.7. The van der Waals surface area contributed by atoms with Crippen LogP contribution in [0.15, 0.2) is 17.3 Å². The molecule has 1 N–H and O–H groups in total. The Morgan fingerprint density at radius 1 is 0.818 bits per heavy atom. The monoisotopic (exact) mass is 613 g/mol. The van der Waals surface area contributed by atoms with Crippen molar-refractivity contribution in [3.63, 3.8) is 0 Å². The Kier molecular flexibility index (Phi) is 8.69. The number of hydrogen-bond donors (Lipinski definition) is 1. The van der Waals surface area contributed by atoms with E-state index in [9.17, 15) is 19.5 Å². The molecular weight excluding hydrogens is 558 g/mol. The third kappa shape index (κ3) is 4.96. The van der Waals surface area contributed by atoms with E-state index in [2.05, 4.69) is 39.4 Å². The molecule has 5 aliphatic rings. The van der Waals surface area contributed by atoms with Gasteiger partial charge in [0, 0.05) is 31.6 Å². The summed E-state index contributed by atoms with van der Waals surface area (Å²) in [6.07, 6.45) is 10.1. The van der Waals surface area contributed by atoms with Crippen molar-refractivity contribution in [1.82, 2.24) is 0 Å². The molecule has 0 radical (unpaired) electrons. The van der Waals surface area contributed by atoms with E-state index in [1.807, 2.05) is 0 Å². The quantitative estimate of drug-likeness (QED) is 0.148. The van der Waals surface area contributed by atoms with E-state index in [1.54, 1.807) is 0 Å². The lowest BCUT2D eigenvalue weighted by Gasteiger charge is -2.72. The van der Waals surface area contributed by atoms with Crippen molar-refractivity contribution in [3.05, 3.63) is 12.2 Å². The molecule has 8 nitrogen and oxygen atoms in total. The van der Waals surface area contributed by atoms with Gasteiger partial charge < -0.3 is 19.4 Å². The normalized spacial score (nSPS) is 45.3. The molecule has 5 saturated carbocycles. The molecule has 0 aromatic carbocycles. The number of carbonyl (C=O) groups is 3. The molecule has 0 aliphatic heterocycles. The molecule has 0 aromatic heterocycles. The van der Waals surface area contributed by atoms with E-state index < -0.39 is 11.4 Å². The van der Waals surface area contributed by atoms with Crippen molar-refractivity contribution >= 4 is 23.6 Å². The van der Waals surface area contributed by atoms with Gasteiger partial charge in [0.15, 0.2) is 0 Å². The molecule has 5 rings (SSSR count). The predicted molar refractivity (Wildman–Crippen MR) is 167 cm³/mol. The smallest absolute Gasteiger partial charge is 0.331 e. The molecule has 0 saturated heterocycles. The van der Waals surface area contributed by atoms with Crippen LogP contribution in [-0.4, -0.2) is 48.5 Å². The van der Waals surface area contributed by atoms with E-state index in [0.717, 1.165) is 69.1 Å². The standard InChI is InChI=1S/C36H55NO7/c1-22(19-38)26-11-16-36(21-43-24(3)40)18-17-34(7)27(31(26)36)9-10-29-32(5)14-13-30(37-44-25(4)41)33(6,20-42-23(2)39)28(32)12-15-35(29,34)8/h26-29,31,38H,1,9-21H2,2-8H3/t26-,27+,28+,29+,31+,32-,33?,34+,35+,36+/m0/s1. The molecule has 0 aromatic rings. The molecule has 5 fully saturated rings. The number of hydrogen-bond acceptors (Lipinski definition) is 8. The van der Waals surface area contributed by atoms with Crippen LogP contribution < -0.4 is 0 Å². The summed E-state index contributed by atoms with van der Waals surface area (Å²) in [5.41, 5.74) is 1.36. The number of carbonyl (C=O) groups excluding carboxylic acids is 3. The van der Waals surface area contributed by atoms with Crippen LogP contribution in [0, 0.1) is 56.7 Å². The summed E-state index contributed by atoms with van der Waals surface area (Å²) in [6, 6.07) is 0. The minimum Gasteiger partial charge on any atom is -0.465 e. The maximum Gasteiger partial charge on any atom is 0.331 e. The Bertz CT molecular complexity index is 1230. The number of nitrogens with zero attached hydrogens (tertiary/aromatic N) is 1. The molecular formula is C36H55NO7. The molecule has 1 unspecified atom stereocenters. The summed E-state index contributed by atoms with van der Waals surface area (Å²) in [6.45, 7) is 19.1. The van der Waals surface area contributed by atoms with Crippen LogP contribution in [0.1, 0.15) is 113 Å². The number of fused-ring (bicyclic) bond motifs is 7. The second-order valence-electron chi connectivity index (χ2n) is 16.1. The highest BCUT2D eigenvalue weighted by Gasteiger charge is 2.71. The van der Waals surface area contributed by atoms with Crippen LogP contribution in [0.2, 0.25) is 0 Å². The minimum absolute atomic E-state index is 0.00116. The van der Waals surface area contributed by atoms with Crippen molar-refractivity contribution in [1.29, 1.82) is 0 Å². The van der Waals surface area contributed by atoms with Crippen LogP contribution in [0.4, 0.5) is 0 Å². The highest BCUT2D eigenvalue weighted by molar-refractivity contribution is 5.91. The fourth-order valence-corrected chi connectivity index (χ4v) is 12.1. The summed E-state index contributed by atoms with van der Waals surface area (Å²) in [7, 11) is 0. The van der Waals surface area contributed by atoms with Crippen molar-refractivity contribution in [2.45, 2.75) is 113 Å². The van der Waals surface area contributed by atoms with E-state index in [-0.39, 0.29) is 58.6 Å². The third-order valence-electron chi connectivity index (χ3n) is 14.4. The number of rotatable bonds is 7. The van der Waals surface area contributed by atoms with Crippen molar-refractivity contribution in [2.24, 2.45) is 61.8 Å². The van der Waals surface area contributed by atoms with E-state index >= 15 is 0 Å². The third-order valence-corrected chi connectivity index (χ3v) is 14.4. The van der Waals surface area contributed by atoms with Gasteiger partial charge in [0.25, 0.3) is 0 Å². The lowest BCUT2D eigenvalue weighted by atomic mass is 9.32. The molecule has 44 heavy (non-hydrogen) atoms. The Labute approximate surface area is 263 Å². The molecule has 0 amide bonds. The fourth-order valence-electron chi connectivity index (χ4n) is 12.1. The maximum atomic E-state index is 12.0. The fraction of sp³-hybridized carbons (Fsp3) is 0.833. The Morgan fingerprint density at radius 2 is 1.50 bits per heavy atom. The van der Waals surface area contributed by atoms with Crippen LogP contribution in [0.3, 0.4) is 0 Å². The van der Waals surface area contributed by atoms with Gasteiger partial charge in [0.2, 0.25) is 0 Å². The lowest BCUT2D eigenvalue weighted by molar-refractivity contribution is -0.234. The zero-order chi connectivity index (χ0) is 32.3. The second kappa shape index (κ2) is 11.5. The molecule has 0 heterocycles. The number of esters is 2. The molecule has 246 valence electrons. The summed E-state index contributed by atoms with van der Waals surface area (Å²) in [5, 5.41) is 14.6. The molecule has 10 atom stereocenters. The van der Waals surface area contributed by atoms with Crippen molar-refractivity contribution in [2.75, 3.05) is 19.8 Å². The molecule has 0 spiro atoms. The first-order valence-electron chi connectivity index (χ1n) is 16.9. The summed E-state index contributed by atoms with van der Waals surface area (Å²) >= 11 is 0. The number of ether oxygens (including phenoxy) is 2. The SMILES string of the molecule is C=C(CO)[C@@H]1CC[C@]2(COC(C)=O)CC[C@]3(C)[C@H](CC[C@@H]4[C@@]5(C)CCC(=NOC(C)=O)C(C)(COC(C)=O)[C@@H]5CC[C@]43C)[C@@H]12. The predicted octanol–water partition coefficient (Wildman–Crippen LogP) is 6.64. The number of aliphatic hydroxyl groups is 1. The highest BCUT2D eigenvalue weighted by Crippen LogP contribution is 2.77. The Morgan fingerprint density at radius 3 is 2.14 bits per heavy atom. The average molecular weight is 614 g/mol. The van der Waals surface area contributed by atoms with Crippen LogP contribution in [0.25, 0.3) is 0 Å². The second-order valence-corrected chi connectivity index (χ2v) is 16.1. The van der Waals surface area contributed by atoms with Gasteiger partial charge in [-0.05, 0) is 116 Å².